The van der Waals surface area contributed by atoms with Gasteiger partial charge in [0.25, 0.3) is 11.6 Å². The van der Waals surface area contributed by atoms with Crippen LogP contribution in [0.3, 0.4) is 0 Å². The second kappa shape index (κ2) is 7.99. The van der Waals surface area contributed by atoms with Crippen LogP contribution in [0.1, 0.15) is 87.0 Å². The molecule has 0 unspecified atom stereocenters. The van der Waals surface area contributed by atoms with Gasteiger partial charge in [0.1, 0.15) is 0 Å². The van der Waals surface area contributed by atoms with Gasteiger partial charge in [-0.3, -0.25) is 4.79 Å². The zero-order valence-electron chi connectivity index (χ0n) is 17.0. The van der Waals surface area contributed by atoms with E-state index in [1.807, 2.05) is 6.07 Å². The van der Waals surface area contributed by atoms with Crippen LogP contribution in [0, 0.1) is 5.41 Å². The fraction of sp³-hybridized carbons (Fsp3) is 0.667. The van der Waals surface area contributed by atoms with Crippen LogP contribution in [0.5, 0.6) is 0 Å². The van der Waals surface area contributed by atoms with Gasteiger partial charge in [0, 0.05) is 23.7 Å². The van der Waals surface area contributed by atoms with Gasteiger partial charge in [-0.05, 0) is 56.4 Å². The van der Waals surface area contributed by atoms with Crippen LogP contribution in [0.4, 0.5) is 0 Å². The third-order valence-corrected chi connectivity index (χ3v) is 5.58. The second-order valence-electron chi connectivity index (χ2n) is 9.50. The maximum atomic E-state index is 13.2. The molecule has 6 nitrogen and oxygen atoms in total. The van der Waals surface area contributed by atoms with Crippen molar-refractivity contribution in [1.29, 1.82) is 0 Å². The molecule has 4 rings (SSSR count). The normalized spacial score (nSPS) is 22.7. The quantitative estimate of drug-likeness (QED) is 0.796. The van der Waals surface area contributed by atoms with Gasteiger partial charge in [-0.25, -0.2) is 4.98 Å². The number of fused-ring (bicyclic) bond motifs is 1. The van der Waals surface area contributed by atoms with E-state index in [2.05, 4.69) is 36.2 Å². The van der Waals surface area contributed by atoms with E-state index < -0.39 is 0 Å². The fourth-order valence-corrected chi connectivity index (χ4v) is 3.95. The fourth-order valence-electron chi connectivity index (χ4n) is 3.95. The van der Waals surface area contributed by atoms with Crippen molar-refractivity contribution < 1.29 is 9.32 Å². The molecule has 7 heteroatoms. The summed E-state index contributed by atoms with van der Waals surface area (Å²) in [7, 11) is 0. The van der Waals surface area contributed by atoms with Crippen LogP contribution in [0.2, 0.25) is 0 Å². The highest BCUT2D eigenvalue weighted by molar-refractivity contribution is 6.06. The van der Waals surface area contributed by atoms with Crippen molar-refractivity contribution in [3.63, 3.8) is 0 Å². The summed E-state index contributed by atoms with van der Waals surface area (Å²) in [5, 5.41) is 8.27. The summed E-state index contributed by atoms with van der Waals surface area (Å²) < 4.78 is 5.55. The number of rotatable bonds is 4. The predicted molar refractivity (Wildman–Crippen MR) is 112 cm³/mol. The molecule has 0 saturated heterocycles. The lowest BCUT2D eigenvalue weighted by Crippen LogP contribution is -2.40. The first kappa shape index (κ1) is 21.1. The summed E-state index contributed by atoms with van der Waals surface area (Å²) in [5.74, 6) is 0.410. The lowest BCUT2D eigenvalue weighted by molar-refractivity contribution is 0.0927. The minimum Gasteiger partial charge on any atom is -0.349 e. The highest BCUT2D eigenvalue weighted by Crippen LogP contribution is 2.41. The minimum absolute atomic E-state index is 0. The summed E-state index contributed by atoms with van der Waals surface area (Å²) in [6.07, 6.45) is 6.80. The molecule has 2 heterocycles. The highest BCUT2D eigenvalue weighted by atomic mass is 35.5. The number of carbonyl (C=O) groups is 1. The van der Waals surface area contributed by atoms with E-state index in [0.717, 1.165) is 61.7 Å². The number of nitrogens with one attached hydrogen (secondary N) is 1. The summed E-state index contributed by atoms with van der Waals surface area (Å²) in [4.78, 5) is 17.8. The van der Waals surface area contributed by atoms with Gasteiger partial charge in [-0.15, -0.1) is 12.4 Å². The third-order valence-electron chi connectivity index (χ3n) is 5.58. The molecule has 0 aromatic carbocycles. The third kappa shape index (κ3) is 4.66. The lowest BCUT2D eigenvalue weighted by atomic mass is 9.89. The summed E-state index contributed by atoms with van der Waals surface area (Å²) in [6, 6.07) is 2.42. The molecule has 2 aliphatic rings. The van der Waals surface area contributed by atoms with Crippen molar-refractivity contribution in [2.75, 3.05) is 0 Å². The number of aromatic nitrogens is 2. The van der Waals surface area contributed by atoms with Crippen molar-refractivity contribution in [3.8, 4) is 0 Å². The molecule has 154 valence electrons. The van der Waals surface area contributed by atoms with E-state index in [0.29, 0.717) is 17.2 Å². The molecule has 0 radical (unpaired) electrons. The Kier molecular flexibility index (Phi) is 6.01. The van der Waals surface area contributed by atoms with E-state index in [9.17, 15) is 4.79 Å². The van der Waals surface area contributed by atoms with E-state index in [-0.39, 0.29) is 35.8 Å². The molecule has 2 aromatic rings. The molecule has 1 amide bonds. The van der Waals surface area contributed by atoms with Crippen molar-refractivity contribution >= 4 is 29.4 Å². The first-order chi connectivity index (χ1) is 12.8. The SMILES string of the molecule is CC(C)(C)Cc1noc2nc(C3CC3)cc(C(=O)NC3CCC(N)CC3)c12.Cl. The Balaban J connectivity index is 0.00000225. The van der Waals surface area contributed by atoms with Gasteiger partial charge in [0.05, 0.1) is 16.6 Å². The monoisotopic (exact) mass is 406 g/mol. The van der Waals surface area contributed by atoms with Gasteiger partial charge in [0.2, 0.25) is 0 Å². The molecule has 2 aromatic heterocycles. The van der Waals surface area contributed by atoms with Crippen LogP contribution >= 0.6 is 12.4 Å². The van der Waals surface area contributed by atoms with Crippen molar-refractivity contribution in [3.05, 3.63) is 23.0 Å². The van der Waals surface area contributed by atoms with Gasteiger partial charge in [0.15, 0.2) is 0 Å². The molecule has 28 heavy (non-hydrogen) atoms. The number of amides is 1. The Morgan fingerprint density at radius 3 is 2.50 bits per heavy atom. The first-order valence-corrected chi connectivity index (χ1v) is 10.2. The lowest BCUT2D eigenvalue weighted by Gasteiger charge is -2.27. The number of nitrogens with zero attached hydrogens (tertiary/aromatic N) is 2. The Labute approximate surface area is 172 Å². The molecule has 0 bridgehead atoms. The van der Waals surface area contributed by atoms with Crippen molar-refractivity contribution in [2.24, 2.45) is 11.1 Å². The second-order valence-corrected chi connectivity index (χ2v) is 9.50. The Hall–Kier alpha value is -1.66. The number of halogens is 1. The van der Waals surface area contributed by atoms with E-state index in [4.69, 9.17) is 10.3 Å². The minimum atomic E-state index is -0.0388. The zero-order chi connectivity index (χ0) is 19.2. The topological polar surface area (TPSA) is 94.0 Å². The van der Waals surface area contributed by atoms with Gasteiger partial charge in [-0.1, -0.05) is 25.9 Å². The number of nitrogens with two attached hydrogens (primary N) is 1. The molecular formula is C21H31ClN4O2. The molecule has 2 aliphatic carbocycles. The predicted octanol–water partition coefficient (Wildman–Crippen LogP) is 4.11. The highest BCUT2D eigenvalue weighted by Gasteiger charge is 2.30. The van der Waals surface area contributed by atoms with E-state index >= 15 is 0 Å². The van der Waals surface area contributed by atoms with Gasteiger partial charge >= 0.3 is 0 Å². The average molecular weight is 407 g/mol. The Morgan fingerprint density at radius 2 is 1.89 bits per heavy atom. The van der Waals surface area contributed by atoms with Crippen LogP contribution in [0.25, 0.3) is 11.1 Å². The smallest absolute Gasteiger partial charge is 0.259 e. The molecule has 2 saturated carbocycles. The Bertz CT molecular complexity index is 846. The molecule has 0 atom stereocenters. The number of hydrogen-bond donors (Lipinski definition) is 2. The summed E-state index contributed by atoms with van der Waals surface area (Å²) in [5.41, 5.74) is 8.98. The maximum absolute atomic E-state index is 13.2. The molecule has 0 spiro atoms. The summed E-state index contributed by atoms with van der Waals surface area (Å²) >= 11 is 0. The number of hydrogen-bond acceptors (Lipinski definition) is 5. The molecular weight excluding hydrogens is 376 g/mol. The summed E-state index contributed by atoms with van der Waals surface area (Å²) in [6.45, 7) is 6.47. The molecule has 0 aliphatic heterocycles. The number of pyridine rings is 1. The first-order valence-electron chi connectivity index (χ1n) is 10.2. The van der Waals surface area contributed by atoms with Crippen LogP contribution in [0.15, 0.2) is 10.6 Å². The van der Waals surface area contributed by atoms with E-state index in [1.165, 1.54) is 0 Å². The standard InChI is InChI=1S/C21H30N4O2.ClH/c1-21(2,3)11-17-18-15(19(26)23-14-8-6-13(22)7-9-14)10-16(12-4-5-12)24-20(18)27-25-17;/h10,12-14H,4-9,11,22H2,1-3H3,(H,23,26);1H. The molecule has 2 fully saturated rings. The average Bonchev–Trinajstić information content (AvgIpc) is 3.38. The van der Waals surface area contributed by atoms with Gasteiger partial charge < -0.3 is 15.6 Å². The van der Waals surface area contributed by atoms with Crippen molar-refractivity contribution in [2.45, 2.75) is 83.7 Å². The van der Waals surface area contributed by atoms with Crippen molar-refractivity contribution in [1.82, 2.24) is 15.5 Å². The zero-order valence-corrected chi connectivity index (χ0v) is 17.8. The van der Waals surface area contributed by atoms with Crippen LogP contribution in [-0.2, 0) is 6.42 Å². The maximum Gasteiger partial charge on any atom is 0.259 e. The Morgan fingerprint density at radius 1 is 1.21 bits per heavy atom. The van der Waals surface area contributed by atoms with Gasteiger partial charge in [-0.2, -0.15) is 0 Å². The van der Waals surface area contributed by atoms with Crippen LogP contribution in [-0.4, -0.2) is 28.1 Å². The number of carbonyl (C=O) groups excluding carboxylic acids is 1. The molecule has 3 N–H and O–H groups in total. The largest absolute Gasteiger partial charge is 0.349 e. The van der Waals surface area contributed by atoms with Crippen LogP contribution < -0.4 is 11.1 Å². The van der Waals surface area contributed by atoms with E-state index in [1.54, 1.807) is 0 Å².